The maximum Gasteiger partial charge on any atom is 0.211 e. The van der Waals surface area contributed by atoms with Gasteiger partial charge in [-0.1, -0.05) is 0 Å². The Morgan fingerprint density at radius 3 is 2.33 bits per heavy atom. The lowest BCUT2D eigenvalue weighted by Crippen LogP contribution is -2.48. The van der Waals surface area contributed by atoms with Gasteiger partial charge in [-0.05, 0) is 12.1 Å². The van der Waals surface area contributed by atoms with Gasteiger partial charge in [0.15, 0.2) is 11.5 Å². The number of anilines is 1. The molecule has 1 saturated heterocycles. The van der Waals surface area contributed by atoms with E-state index in [0.717, 1.165) is 0 Å². The van der Waals surface area contributed by atoms with E-state index < -0.39 is 10.0 Å². The zero-order valence-electron chi connectivity index (χ0n) is 9.94. The molecule has 7 nitrogen and oxygen atoms in total. The van der Waals surface area contributed by atoms with Crippen molar-refractivity contribution in [3.05, 3.63) is 17.8 Å². The average Bonchev–Trinajstić information content (AvgIpc) is 2.38. The third-order valence-corrected chi connectivity index (χ3v) is 4.10. The van der Waals surface area contributed by atoms with Crippen molar-refractivity contribution in [1.82, 2.24) is 14.5 Å². The summed E-state index contributed by atoms with van der Waals surface area (Å²) in [5, 5.41) is 16.3. The van der Waals surface area contributed by atoms with Crippen molar-refractivity contribution in [2.45, 2.75) is 0 Å². The smallest absolute Gasteiger partial charge is 0.211 e. The minimum Gasteiger partial charge on any atom is -0.352 e. The molecule has 2 heterocycles. The summed E-state index contributed by atoms with van der Waals surface area (Å²) >= 11 is 0. The summed E-state index contributed by atoms with van der Waals surface area (Å²) in [6.07, 6.45) is 1.21. The highest BCUT2D eigenvalue weighted by Crippen LogP contribution is 2.13. The molecule has 96 valence electrons. The van der Waals surface area contributed by atoms with Crippen LogP contribution in [0.3, 0.4) is 0 Å². The van der Waals surface area contributed by atoms with E-state index in [1.807, 2.05) is 11.0 Å². The Bertz CT molecular complexity index is 555. The molecule has 0 aliphatic carbocycles. The Morgan fingerprint density at radius 1 is 1.22 bits per heavy atom. The van der Waals surface area contributed by atoms with Gasteiger partial charge in [0.25, 0.3) is 0 Å². The Hall–Kier alpha value is -1.72. The Labute approximate surface area is 106 Å². The van der Waals surface area contributed by atoms with Crippen LogP contribution < -0.4 is 4.90 Å². The second-order valence-electron chi connectivity index (χ2n) is 4.04. The predicted octanol–water partition coefficient (Wildman–Crippen LogP) is -0.570. The van der Waals surface area contributed by atoms with Gasteiger partial charge >= 0.3 is 0 Å². The molecule has 0 saturated carbocycles. The van der Waals surface area contributed by atoms with Gasteiger partial charge in [-0.2, -0.15) is 9.57 Å². The third-order valence-electron chi connectivity index (χ3n) is 2.80. The van der Waals surface area contributed by atoms with E-state index in [4.69, 9.17) is 5.26 Å². The fraction of sp³-hybridized carbons (Fsp3) is 0.500. The van der Waals surface area contributed by atoms with Crippen LogP contribution >= 0.6 is 0 Å². The van der Waals surface area contributed by atoms with Crippen molar-refractivity contribution in [3.63, 3.8) is 0 Å². The van der Waals surface area contributed by atoms with Crippen LogP contribution in [-0.4, -0.2) is 55.4 Å². The summed E-state index contributed by atoms with van der Waals surface area (Å²) in [4.78, 5) is 1.95. The summed E-state index contributed by atoms with van der Waals surface area (Å²) in [5.74, 6) is 0.669. The van der Waals surface area contributed by atoms with Crippen LogP contribution in [0.4, 0.5) is 5.82 Å². The minimum atomic E-state index is -3.11. The first-order valence-electron chi connectivity index (χ1n) is 5.44. The molecule has 0 N–H and O–H groups in total. The van der Waals surface area contributed by atoms with Gasteiger partial charge in [0, 0.05) is 26.2 Å². The van der Waals surface area contributed by atoms with Crippen molar-refractivity contribution >= 4 is 15.8 Å². The second kappa shape index (κ2) is 4.88. The van der Waals surface area contributed by atoms with Crippen LogP contribution in [0, 0.1) is 11.3 Å². The van der Waals surface area contributed by atoms with Gasteiger partial charge in [0.1, 0.15) is 6.07 Å². The monoisotopic (exact) mass is 267 g/mol. The molecular formula is C10H13N5O2S. The highest BCUT2D eigenvalue weighted by Gasteiger charge is 2.24. The molecule has 1 fully saturated rings. The molecule has 0 radical (unpaired) electrons. The van der Waals surface area contributed by atoms with E-state index in [1.54, 1.807) is 12.1 Å². The Morgan fingerprint density at radius 2 is 1.89 bits per heavy atom. The summed E-state index contributed by atoms with van der Waals surface area (Å²) in [6, 6.07) is 5.23. The number of rotatable bonds is 2. The molecule has 1 aliphatic rings. The SMILES string of the molecule is CS(=O)(=O)N1CCN(c2ccc(C#N)nn2)CC1. The van der Waals surface area contributed by atoms with Gasteiger partial charge in [-0.3, -0.25) is 0 Å². The summed E-state index contributed by atoms with van der Waals surface area (Å²) in [5.41, 5.74) is 0.272. The third kappa shape index (κ3) is 2.75. The molecule has 8 heteroatoms. The first-order chi connectivity index (χ1) is 8.50. The molecule has 0 spiro atoms. The molecule has 2 rings (SSSR count). The van der Waals surface area contributed by atoms with Crippen LogP contribution in [0.15, 0.2) is 12.1 Å². The van der Waals surface area contributed by atoms with E-state index >= 15 is 0 Å². The van der Waals surface area contributed by atoms with E-state index in [-0.39, 0.29) is 5.69 Å². The van der Waals surface area contributed by atoms with Gasteiger partial charge in [-0.15, -0.1) is 10.2 Å². The van der Waals surface area contributed by atoms with Crippen LogP contribution in [0.1, 0.15) is 5.69 Å². The molecule has 0 atom stereocenters. The van der Waals surface area contributed by atoms with E-state index in [9.17, 15) is 8.42 Å². The highest BCUT2D eigenvalue weighted by molar-refractivity contribution is 7.88. The fourth-order valence-corrected chi connectivity index (χ4v) is 2.63. The first kappa shape index (κ1) is 12.7. The van der Waals surface area contributed by atoms with Gasteiger partial charge in [0.05, 0.1) is 6.26 Å². The zero-order chi connectivity index (χ0) is 13.2. The lowest BCUT2D eigenvalue weighted by molar-refractivity contribution is 0.386. The van der Waals surface area contributed by atoms with Crippen LogP contribution in [-0.2, 0) is 10.0 Å². The number of hydrogen-bond donors (Lipinski definition) is 0. The van der Waals surface area contributed by atoms with Crippen molar-refractivity contribution in [1.29, 1.82) is 5.26 Å². The lowest BCUT2D eigenvalue weighted by atomic mass is 10.3. The second-order valence-corrected chi connectivity index (χ2v) is 6.02. The van der Waals surface area contributed by atoms with E-state index in [1.165, 1.54) is 10.6 Å². The van der Waals surface area contributed by atoms with E-state index in [2.05, 4.69) is 10.2 Å². The lowest BCUT2D eigenvalue weighted by Gasteiger charge is -2.33. The fourth-order valence-electron chi connectivity index (χ4n) is 1.80. The molecular weight excluding hydrogens is 254 g/mol. The topological polar surface area (TPSA) is 90.2 Å². The van der Waals surface area contributed by atoms with Crippen LogP contribution in [0.2, 0.25) is 0 Å². The van der Waals surface area contributed by atoms with Gasteiger partial charge < -0.3 is 4.90 Å². The predicted molar refractivity (Wildman–Crippen MR) is 65.4 cm³/mol. The highest BCUT2D eigenvalue weighted by atomic mass is 32.2. The molecule has 1 aromatic rings. The number of hydrogen-bond acceptors (Lipinski definition) is 6. The molecule has 0 amide bonds. The van der Waals surface area contributed by atoms with Gasteiger partial charge in [-0.25, -0.2) is 8.42 Å². The van der Waals surface area contributed by atoms with Gasteiger partial charge in [0.2, 0.25) is 10.0 Å². The largest absolute Gasteiger partial charge is 0.352 e. The minimum absolute atomic E-state index is 0.272. The maximum atomic E-state index is 11.4. The normalized spacial score (nSPS) is 17.4. The summed E-state index contributed by atoms with van der Waals surface area (Å²) < 4.78 is 24.2. The van der Waals surface area contributed by atoms with Crippen molar-refractivity contribution in [3.8, 4) is 6.07 Å². The quantitative estimate of drug-likeness (QED) is 0.712. The Balaban J connectivity index is 2.03. The summed E-state index contributed by atoms with van der Waals surface area (Å²) in [6.45, 7) is 2.04. The first-order valence-corrected chi connectivity index (χ1v) is 7.29. The summed E-state index contributed by atoms with van der Waals surface area (Å²) in [7, 11) is -3.11. The number of nitrogens with zero attached hydrogens (tertiary/aromatic N) is 5. The number of piperazine rings is 1. The van der Waals surface area contributed by atoms with Crippen LogP contribution in [0.5, 0.6) is 0 Å². The van der Waals surface area contributed by atoms with Crippen LogP contribution in [0.25, 0.3) is 0 Å². The average molecular weight is 267 g/mol. The van der Waals surface area contributed by atoms with Crippen molar-refractivity contribution < 1.29 is 8.42 Å². The Kier molecular flexibility index (Phi) is 3.45. The molecule has 18 heavy (non-hydrogen) atoms. The number of sulfonamides is 1. The molecule has 0 bridgehead atoms. The molecule has 1 aromatic heterocycles. The maximum absolute atomic E-state index is 11.4. The van der Waals surface area contributed by atoms with Crippen molar-refractivity contribution in [2.75, 3.05) is 37.3 Å². The molecule has 0 aromatic carbocycles. The van der Waals surface area contributed by atoms with Crippen molar-refractivity contribution in [2.24, 2.45) is 0 Å². The standard InChI is InChI=1S/C10H13N5O2S/c1-18(16,17)15-6-4-14(5-7-15)10-3-2-9(8-11)12-13-10/h2-3H,4-7H2,1H3. The number of nitriles is 1. The number of aromatic nitrogens is 2. The molecule has 0 unspecified atom stereocenters. The van der Waals surface area contributed by atoms with E-state index in [0.29, 0.717) is 32.0 Å². The molecule has 1 aliphatic heterocycles. The zero-order valence-corrected chi connectivity index (χ0v) is 10.8.